The number of aliphatic hydroxyl groups excluding tert-OH is 1. The second-order valence-corrected chi connectivity index (χ2v) is 7.95. The van der Waals surface area contributed by atoms with Crippen LogP contribution in [0.5, 0.6) is 5.75 Å². The number of aryl methyl sites for hydroxylation is 2. The summed E-state index contributed by atoms with van der Waals surface area (Å²) in [7, 11) is 0. The molecule has 4 rings (SSSR count). The zero-order valence-corrected chi connectivity index (χ0v) is 17.3. The second-order valence-electron chi connectivity index (χ2n) is 7.14. The molecule has 0 saturated carbocycles. The summed E-state index contributed by atoms with van der Waals surface area (Å²) in [4.78, 5) is 14.6. The van der Waals surface area contributed by atoms with Gasteiger partial charge in [-0.05, 0) is 48.7 Å². The fourth-order valence-corrected chi connectivity index (χ4v) is 4.31. The van der Waals surface area contributed by atoms with E-state index in [0.717, 1.165) is 16.7 Å². The average molecular weight is 432 g/mol. The lowest BCUT2D eigenvalue weighted by Crippen LogP contribution is -2.32. The number of hydrogen-bond donors (Lipinski definition) is 3. The van der Waals surface area contributed by atoms with E-state index >= 15 is 0 Å². The van der Waals surface area contributed by atoms with Crippen molar-refractivity contribution in [2.75, 3.05) is 13.2 Å². The molecule has 2 aromatic carbocycles. The van der Waals surface area contributed by atoms with Gasteiger partial charge >= 0.3 is 0 Å². The number of aromatic nitrogens is 2. The van der Waals surface area contributed by atoms with Crippen molar-refractivity contribution in [3.8, 4) is 17.0 Å². The molecule has 1 atom stereocenters. The number of aromatic amines is 1. The molecule has 150 valence electrons. The van der Waals surface area contributed by atoms with Crippen LogP contribution in [0.2, 0.25) is 10.0 Å². The van der Waals surface area contributed by atoms with Gasteiger partial charge in [-0.3, -0.25) is 9.89 Å². The smallest absolute Gasteiger partial charge is 0.273 e. The minimum absolute atomic E-state index is 0.0951. The number of nitrogens with one attached hydrogen (secondary N) is 1. The molecule has 1 aliphatic rings. The lowest BCUT2D eigenvalue weighted by atomic mass is 9.93. The van der Waals surface area contributed by atoms with E-state index in [-0.39, 0.29) is 24.8 Å². The summed E-state index contributed by atoms with van der Waals surface area (Å²) < 4.78 is 0. The Hall–Kier alpha value is -2.54. The molecule has 1 aliphatic heterocycles. The van der Waals surface area contributed by atoms with Gasteiger partial charge in [0.25, 0.3) is 5.91 Å². The molecule has 0 saturated heterocycles. The van der Waals surface area contributed by atoms with Crippen LogP contribution in [0.3, 0.4) is 0 Å². The number of β-amino-alcohol motifs (C(OH)–C–C–N with tert-alkyl or cyclic N) is 1. The molecular formula is C21H19Cl2N3O3. The number of H-pyrrole nitrogens is 1. The van der Waals surface area contributed by atoms with Crippen molar-refractivity contribution in [3.05, 3.63) is 68.3 Å². The third-order valence-corrected chi connectivity index (χ3v) is 5.90. The lowest BCUT2D eigenvalue weighted by molar-refractivity contribution is 0.0706. The maximum absolute atomic E-state index is 13.0. The van der Waals surface area contributed by atoms with Crippen molar-refractivity contribution in [3.63, 3.8) is 0 Å². The van der Waals surface area contributed by atoms with Crippen molar-refractivity contribution in [2.24, 2.45) is 0 Å². The number of carbonyl (C=O) groups excluding carboxylic acids is 1. The first-order valence-corrected chi connectivity index (χ1v) is 9.84. The third-order valence-electron chi connectivity index (χ3n) is 5.16. The summed E-state index contributed by atoms with van der Waals surface area (Å²) in [5.74, 6) is -0.175. The predicted molar refractivity (Wildman–Crippen MR) is 112 cm³/mol. The van der Waals surface area contributed by atoms with Crippen molar-refractivity contribution < 1.29 is 15.0 Å². The van der Waals surface area contributed by atoms with Gasteiger partial charge in [0.1, 0.15) is 17.1 Å². The number of amides is 1. The van der Waals surface area contributed by atoms with Gasteiger partial charge in [0.05, 0.1) is 22.7 Å². The maximum atomic E-state index is 13.0. The van der Waals surface area contributed by atoms with Crippen LogP contribution in [0.4, 0.5) is 0 Å². The molecule has 0 aliphatic carbocycles. The molecule has 3 aromatic rings. The van der Waals surface area contributed by atoms with Crippen LogP contribution < -0.4 is 0 Å². The Morgan fingerprint density at radius 1 is 1.17 bits per heavy atom. The molecule has 2 heterocycles. The summed E-state index contributed by atoms with van der Waals surface area (Å²) in [6.45, 7) is 3.74. The van der Waals surface area contributed by atoms with Gasteiger partial charge in [-0.2, -0.15) is 5.10 Å². The number of benzene rings is 2. The number of hydrogen-bond acceptors (Lipinski definition) is 4. The van der Waals surface area contributed by atoms with Gasteiger partial charge in [0.15, 0.2) is 0 Å². The Morgan fingerprint density at radius 2 is 1.93 bits per heavy atom. The van der Waals surface area contributed by atoms with Gasteiger partial charge in [-0.1, -0.05) is 35.3 Å². The number of aromatic hydroxyl groups is 1. The Kier molecular flexibility index (Phi) is 5.02. The van der Waals surface area contributed by atoms with E-state index in [0.29, 0.717) is 32.6 Å². The fourth-order valence-electron chi connectivity index (χ4n) is 4.01. The van der Waals surface area contributed by atoms with Crippen LogP contribution in [0.25, 0.3) is 11.3 Å². The number of aliphatic hydroxyl groups is 1. The van der Waals surface area contributed by atoms with Crippen LogP contribution in [-0.2, 0) is 0 Å². The van der Waals surface area contributed by atoms with Crippen molar-refractivity contribution >= 4 is 29.1 Å². The minimum Gasteiger partial charge on any atom is -0.507 e. The first-order valence-electron chi connectivity index (χ1n) is 9.09. The zero-order valence-electron chi connectivity index (χ0n) is 15.8. The maximum Gasteiger partial charge on any atom is 0.273 e. The quantitative estimate of drug-likeness (QED) is 0.575. The summed E-state index contributed by atoms with van der Waals surface area (Å²) in [6.07, 6.45) is 0. The van der Waals surface area contributed by atoms with Crippen molar-refractivity contribution in [1.82, 2.24) is 15.1 Å². The van der Waals surface area contributed by atoms with Crippen LogP contribution in [0.15, 0.2) is 30.3 Å². The number of nitrogens with zero attached hydrogens (tertiary/aromatic N) is 2. The summed E-state index contributed by atoms with van der Waals surface area (Å²) in [5, 5.41) is 28.1. The van der Waals surface area contributed by atoms with Crippen molar-refractivity contribution in [1.29, 1.82) is 0 Å². The summed E-state index contributed by atoms with van der Waals surface area (Å²) in [5.41, 5.74) is 4.56. The largest absolute Gasteiger partial charge is 0.507 e. The molecule has 0 spiro atoms. The molecule has 1 amide bonds. The second kappa shape index (κ2) is 7.37. The van der Waals surface area contributed by atoms with E-state index in [9.17, 15) is 15.0 Å². The van der Waals surface area contributed by atoms with Crippen LogP contribution in [0.1, 0.15) is 38.8 Å². The van der Waals surface area contributed by atoms with E-state index in [4.69, 9.17) is 23.2 Å². The monoisotopic (exact) mass is 431 g/mol. The normalized spacial score (nSPS) is 15.8. The Labute approximate surface area is 177 Å². The van der Waals surface area contributed by atoms with Gasteiger partial charge in [-0.15, -0.1) is 0 Å². The van der Waals surface area contributed by atoms with Crippen LogP contribution in [-0.4, -0.2) is 44.4 Å². The number of phenolic OH excluding ortho intramolecular Hbond substituents is 1. The number of fused-ring (bicyclic) bond motifs is 1. The average Bonchev–Trinajstić information content (AvgIpc) is 3.17. The minimum atomic E-state index is -0.520. The predicted octanol–water partition coefficient (Wildman–Crippen LogP) is 4.24. The third kappa shape index (κ3) is 3.17. The highest BCUT2D eigenvalue weighted by Crippen LogP contribution is 2.46. The lowest BCUT2D eigenvalue weighted by Gasteiger charge is -2.26. The zero-order chi connectivity index (χ0) is 20.9. The van der Waals surface area contributed by atoms with Gasteiger partial charge in [0.2, 0.25) is 0 Å². The highest BCUT2D eigenvalue weighted by Gasteiger charge is 2.42. The Bertz CT molecular complexity index is 1100. The molecule has 1 unspecified atom stereocenters. The van der Waals surface area contributed by atoms with Crippen LogP contribution >= 0.6 is 23.2 Å². The molecular weight excluding hydrogens is 413 g/mol. The Morgan fingerprint density at radius 3 is 2.59 bits per heavy atom. The SMILES string of the molecule is Cc1cc(C)c(-c2n[nH]c3c2C(c2ccc(Cl)c(Cl)c2)N(CCO)C3=O)c(O)c1. The first kappa shape index (κ1) is 19.8. The molecule has 0 radical (unpaired) electrons. The number of halogens is 2. The number of phenols is 1. The standard InChI is InChI=1S/C21H19Cl2N3O3/c1-10-7-11(2)16(15(28)8-10)18-17-19(25-24-18)21(29)26(5-6-27)20(17)12-3-4-13(22)14(23)9-12/h3-4,7-9,20,27-28H,5-6H2,1-2H3,(H,24,25). The molecule has 1 aromatic heterocycles. The summed E-state index contributed by atoms with van der Waals surface area (Å²) >= 11 is 12.3. The van der Waals surface area contributed by atoms with Crippen LogP contribution in [0, 0.1) is 13.8 Å². The van der Waals surface area contributed by atoms with E-state index in [1.807, 2.05) is 19.9 Å². The number of carbonyl (C=O) groups is 1. The molecule has 3 N–H and O–H groups in total. The topological polar surface area (TPSA) is 89.5 Å². The molecule has 8 heteroatoms. The first-order chi connectivity index (χ1) is 13.8. The molecule has 0 fully saturated rings. The van der Waals surface area contributed by atoms with E-state index in [1.54, 1.807) is 29.2 Å². The van der Waals surface area contributed by atoms with E-state index < -0.39 is 6.04 Å². The van der Waals surface area contributed by atoms with Gasteiger partial charge < -0.3 is 15.1 Å². The van der Waals surface area contributed by atoms with Gasteiger partial charge in [-0.25, -0.2) is 0 Å². The molecule has 0 bridgehead atoms. The Balaban J connectivity index is 1.95. The van der Waals surface area contributed by atoms with E-state index in [1.165, 1.54) is 0 Å². The van der Waals surface area contributed by atoms with E-state index in [2.05, 4.69) is 10.2 Å². The molecule has 6 nitrogen and oxygen atoms in total. The number of rotatable bonds is 4. The highest BCUT2D eigenvalue weighted by molar-refractivity contribution is 6.42. The summed E-state index contributed by atoms with van der Waals surface area (Å²) in [6, 6.07) is 8.28. The van der Waals surface area contributed by atoms with Gasteiger partial charge in [0, 0.05) is 17.7 Å². The highest BCUT2D eigenvalue weighted by atomic mass is 35.5. The fraction of sp³-hybridized carbons (Fsp3) is 0.238. The van der Waals surface area contributed by atoms with Crippen molar-refractivity contribution in [2.45, 2.75) is 19.9 Å². The molecule has 29 heavy (non-hydrogen) atoms.